The fourth-order valence-electron chi connectivity index (χ4n) is 1.87. The first-order valence-electron chi connectivity index (χ1n) is 6.30. The summed E-state index contributed by atoms with van der Waals surface area (Å²) < 4.78 is 6.45. The Balaban J connectivity index is 2.81. The van der Waals surface area contributed by atoms with Gasteiger partial charge < -0.3 is 4.43 Å². The van der Waals surface area contributed by atoms with E-state index >= 15 is 0 Å². The molecule has 0 N–H and O–H groups in total. The standard InChI is InChI=1S/C14H26OSi/c1-8-14(5,12-10-9-11-12)15-16(6,7)13(2,3)4/h1,12H,9-11H2,2-7H3. The zero-order valence-corrected chi connectivity index (χ0v) is 12.7. The van der Waals surface area contributed by atoms with Crippen molar-refractivity contribution < 1.29 is 4.43 Å². The maximum Gasteiger partial charge on any atom is 0.194 e. The Bertz CT molecular complexity index is 291. The summed E-state index contributed by atoms with van der Waals surface area (Å²) in [4.78, 5) is 0. The van der Waals surface area contributed by atoms with Gasteiger partial charge >= 0.3 is 0 Å². The Kier molecular flexibility index (Phi) is 3.62. The molecule has 0 aromatic rings. The Morgan fingerprint density at radius 1 is 1.19 bits per heavy atom. The molecule has 2 heteroatoms. The lowest BCUT2D eigenvalue weighted by atomic mass is 9.74. The first kappa shape index (κ1) is 13.8. The second-order valence-electron chi connectivity index (χ2n) is 6.74. The first-order chi connectivity index (χ1) is 7.12. The van der Waals surface area contributed by atoms with Gasteiger partial charge in [0.15, 0.2) is 8.32 Å². The van der Waals surface area contributed by atoms with Crippen molar-refractivity contribution in [2.24, 2.45) is 5.92 Å². The summed E-state index contributed by atoms with van der Waals surface area (Å²) in [6.07, 6.45) is 9.49. The van der Waals surface area contributed by atoms with Crippen molar-refractivity contribution in [3.8, 4) is 12.3 Å². The molecule has 1 fully saturated rings. The van der Waals surface area contributed by atoms with Gasteiger partial charge in [-0.3, -0.25) is 0 Å². The second-order valence-corrected chi connectivity index (χ2v) is 11.5. The summed E-state index contributed by atoms with van der Waals surface area (Å²) in [7, 11) is -1.75. The zero-order valence-electron chi connectivity index (χ0n) is 11.7. The van der Waals surface area contributed by atoms with Crippen LogP contribution in [0.5, 0.6) is 0 Å². The normalized spacial score (nSPS) is 22.1. The molecular formula is C14H26OSi. The minimum atomic E-state index is -1.75. The van der Waals surface area contributed by atoms with E-state index < -0.39 is 8.32 Å². The van der Waals surface area contributed by atoms with Gasteiger partial charge in [0, 0.05) is 0 Å². The highest BCUT2D eigenvalue weighted by atomic mass is 28.4. The van der Waals surface area contributed by atoms with Crippen molar-refractivity contribution in [3.63, 3.8) is 0 Å². The van der Waals surface area contributed by atoms with Crippen LogP contribution in [0.25, 0.3) is 0 Å². The molecule has 92 valence electrons. The monoisotopic (exact) mass is 238 g/mol. The molecule has 0 heterocycles. The average Bonchev–Trinajstić information content (AvgIpc) is 1.97. The molecule has 1 aliphatic rings. The van der Waals surface area contributed by atoms with E-state index in [1.54, 1.807) is 0 Å². The Morgan fingerprint density at radius 3 is 1.94 bits per heavy atom. The molecule has 1 nitrogen and oxygen atoms in total. The molecule has 0 spiro atoms. The van der Waals surface area contributed by atoms with Crippen LogP contribution in [0.4, 0.5) is 0 Å². The minimum Gasteiger partial charge on any atom is -0.401 e. The molecular weight excluding hydrogens is 212 g/mol. The van der Waals surface area contributed by atoms with E-state index in [4.69, 9.17) is 10.8 Å². The lowest BCUT2D eigenvalue weighted by molar-refractivity contribution is 0.0270. The summed E-state index contributed by atoms with van der Waals surface area (Å²) >= 11 is 0. The van der Waals surface area contributed by atoms with Gasteiger partial charge in [0.05, 0.1) is 0 Å². The Morgan fingerprint density at radius 2 is 1.69 bits per heavy atom. The maximum atomic E-state index is 6.45. The fraction of sp³-hybridized carbons (Fsp3) is 0.857. The predicted molar refractivity (Wildman–Crippen MR) is 72.9 cm³/mol. The third-order valence-corrected chi connectivity index (χ3v) is 8.99. The van der Waals surface area contributed by atoms with E-state index in [-0.39, 0.29) is 10.6 Å². The highest BCUT2D eigenvalue weighted by Crippen LogP contribution is 2.44. The Labute approximate surface area is 102 Å². The lowest BCUT2D eigenvalue weighted by Gasteiger charge is -2.47. The lowest BCUT2D eigenvalue weighted by Crippen LogP contribution is -2.52. The summed E-state index contributed by atoms with van der Waals surface area (Å²) in [5, 5.41) is 0.231. The molecule has 1 atom stereocenters. The summed E-state index contributed by atoms with van der Waals surface area (Å²) in [5.74, 6) is 3.50. The van der Waals surface area contributed by atoms with E-state index in [9.17, 15) is 0 Å². The van der Waals surface area contributed by atoms with Crippen molar-refractivity contribution in [1.82, 2.24) is 0 Å². The summed E-state index contributed by atoms with van der Waals surface area (Å²) in [6, 6.07) is 0. The zero-order chi connectivity index (χ0) is 12.6. The molecule has 16 heavy (non-hydrogen) atoms. The third kappa shape index (κ3) is 2.52. The van der Waals surface area contributed by atoms with Gasteiger partial charge in [0.1, 0.15) is 5.60 Å². The van der Waals surface area contributed by atoms with Gasteiger partial charge in [-0.25, -0.2) is 0 Å². The molecule has 0 aromatic carbocycles. The third-order valence-electron chi connectivity index (χ3n) is 4.44. The SMILES string of the molecule is C#CC(C)(O[Si](C)(C)C(C)(C)C)C1CCC1. The van der Waals surface area contributed by atoms with Crippen molar-refractivity contribution in [2.45, 2.75) is 70.7 Å². The molecule has 0 radical (unpaired) electrons. The predicted octanol–water partition coefficient (Wildman–Crippen LogP) is 4.20. The van der Waals surface area contributed by atoms with Crippen LogP contribution < -0.4 is 0 Å². The van der Waals surface area contributed by atoms with Crippen LogP contribution >= 0.6 is 0 Å². The first-order valence-corrected chi connectivity index (χ1v) is 9.21. The van der Waals surface area contributed by atoms with E-state index in [1.807, 2.05) is 0 Å². The highest BCUT2D eigenvalue weighted by Gasteiger charge is 2.46. The number of terminal acetylenes is 1. The molecule has 1 aliphatic carbocycles. The van der Waals surface area contributed by atoms with Crippen LogP contribution in [0.3, 0.4) is 0 Å². The second kappa shape index (κ2) is 4.20. The minimum absolute atomic E-state index is 0.231. The van der Waals surface area contributed by atoms with Crippen LogP contribution in [-0.4, -0.2) is 13.9 Å². The molecule has 0 bridgehead atoms. The number of hydrogen-bond donors (Lipinski definition) is 0. The van der Waals surface area contributed by atoms with E-state index in [0.29, 0.717) is 5.92 Å². The number of rotatable bonds is 3. The number of hydrogen-bond acceptors (Lipinski definition) is 1. The van der Waals surface area contributed by atoms with E-state index in [1.165, 1.54) is 19.3 Å². The van der Waals surface area contributed by atoms with E-state index in [2.05, 4.69) is 46.7 Å². The molecule has 0 aromatic heterocycles. The summed E-state index contributed by atoms with van der Waals surface area (Å²) in [5.41, 5.74) is -0.332. The van der Waals surface area contributed by atoms with Crippen LogP contribution in [0.2, 0.25) is 18.1 Å². The van der Waals surface area contributed by atoms with Gasteiger partial charge in [-0.2, -0.15) is 0 Å². The van der Waals surface area contributed by atoms with E-state index in [0.717, 1.165) is 0 Å². The molecule has 0 amide bonds. The molecule has 0 aliphatic heterocycles. The van der Waals surface area contributed by atoms with Gasteiger partial charge in [0.25, 0.3) is 0 Å². The van der Waals surface area contributed by atoms with Gasteiger partial charge in [-0.05, 0) is 43.8 Å². The molecule has 1 unspecified atom stereocenters. The average molecular weight is 238 g/mol. The smallest absolute Gasteiger partial charge is 0.194 e. The van der Waals surface area contributed by atoms with Crippen LogP contribution in [0.15, 0.2) is 0 Å². The highest BCUT2D eigenvalue weighted by molar-refractivity contribution is 6.74. The molecule has 0 saturated heterocycles. The van der Waals surface area contributed by atoms with Gasteiger partial charge in [0.2, 0.25) is 0 Å². The Hall–Kier alpha value is -0.263. The van der Waals surface area contributed by atoms with Crippen LogP contribution in [0.1, 0.15) is 47.0 Å². The fourth-order valence-corrected chi connectivity index (χ4v) is 3.46. The van der Waals surface area contributed by atoms with Crippen molar-refractivity contribution in [1.29, 1.82) is 0 Å². The quantitative estimate of drug-likeness (QED) is 0.529. The van der Waals surface area contributed by atoms with Crippen molar-refractivity contribution >= 4 is 8.32 Å². The van der Waals surface area contributed by atoms with Gasteiger partial charge in [-0.15, -0.1) is 6.42 Å². The maximum absolute atomic E-state index is 6.45. The van der Waals surface area contributed by atoms with Crippen LogP contribution in [-0.2, 0) is 4.43 Å². The van der Waals surface area contributed by atoms with Gasteiger partial charge in [-0.1, -0.05) is 33.1 Å². The molecule has 1 rings (SSSR count). The van der Waals surface area contributed by atoms with Crippen molar-refractivity contribution in [2.75, 3.05) is 0 Å². The largest absolute Gasteiger partial charge is 0.401 e. The summed E-state index contributed by atoms with van der Waals surface area (Å²) in [6.45, 7) is 13.4. The molecule has 1 saturated carbocycles. The van der Waals surface area contributed by atoms with Crippen LogP contribution in [0, 0.1) is 18.3 Å². The topological polar surface area (TPSA) is 9.23 Å². The van der Waals surface area contributed by atoms with Crippen molar-refractivity contribution in [3.05, 3.63) is 0 Å².